The van der Waals surface area contributed by atoms with Gasteiger partial charge in [0.2, 0.25) is 11.8 Å². The second-order valence-electron chi connectivity index (χ2n) is 10.1. The molecule has 3 aromatic rings. The first-order valence-corrected chi connectivity index (χ1v) is 13.2. The lowest BCUT2D eigenvalue weighted by Gasteiger charge is -2.30. The summed E-state index contributed by atoms with van der Waals surface area (Å²) >= 11 is 0. The van der Waals surface area contributed by atoms with Crippen LogP contribution in [0.4, 0.5) is 5.69 Å². The largest absolute Gasteiger partial charge is 0.378 e. The molecule has 0 saturated heterocycles. The van der Waals surface area contributed by atoms with Gasteiger partial charge in [-0.1, -0.05) is 50.1 Å². The van der Waals surface area contributed by atoms with E-state index in [0.717, 1.165) is 42.5 Å². The van der Waals surface area contributed by atoms with E-state index in [9.17, 15) is 9.59 Å². The van der Waals surface area contributed by atoms with Crippen LogP contribution in [0.25, 0.3) is 10.9 Å². The number of hydrogen-bond acceptors (Lipinski definition) is 3. The standard InChI is InChI=1S/C30H42N4O2/c1-6-7-8-13-29(35)34(23(2)3)22-30(36)33(21-24-14-16-26(17-15-24)32(4)5)19-18-25-20-31-28-12-10-9-11-27(25)28/h9-12,14-17,20,23,31H,6-8,13,18-19,21-22H2,1-5H3. The van der Waals surface area contributed by atoms with E-state index in [2.05, 4.69) is 53.2 Å². The van der Waals surface area contributed by atoms with Gasteiger partial charge in [0, 0.05) is 62.4 Å². The van der Waals surface area contributed by atoms with Crippen LogP contribution in [-0.4, -0.2) is 59.8 Å². The molecule has 194 valence electrons. The highest BCUT2D eigenvalue weighted by molar-refractivity contribution is 5.85. The van der Waals surface area contributed by atoms with Crippen molar-refractivity contribution in [1.29, 1.82) is 0 Å². The molecule has 0 unspecified atom stereocenters. The lowest BCUT2D eigenvalue weighted by atomic mass is 10.1. The third-order valence-electron chi connectivity index (χ3n) is 6.75. The first kappa shape index (κ1) is 27.3. The summed E-state index contributed by atoms with van der Waals surface area (Å²) in [5.74, 6) is 0.0581. The van der Waals surface area contributed by atoms with Gasteiger partial charge in [-0.05, 0) is 56.0 Å². The van der Waals surface area contributed by atoms with Gasteiger partial charge in [0.15, 0.2) is 0 Å². The molecule has 0 aliphatic heterocycles. The molecule has 36 heavy (non-hydrogen) atoms. The molecule has 0 saturated carbocycles. The zero-order chi connectivity index (χ0) is 26.1. The number of nitrogens with one attached hydrogen (secondary N) is 1. The molecule has 1 heterocycles. The summed E-state index contributed by atoms with van der Waals surface area (Å²) in [6, 6.07) is 16.5. The van der Waals surface area contributed by atoms with Crippen molar-refractivity contribution in [2.75, 3.05) is 32.1 Å². The summed E-state index contributed by atoms with van der Waals surface area (Å²) in [6.07, 6.45) is 6.26. The number of anilines is 1. The predicted molar refractivity (Wildman–Crippen MR) is 149 cm³/mol. The molecule has 6 heteroatoms. The summed E-state index contributed by atoms with van der Waals surface area (Å²) in [4.78, 5) is 35.6. The van der Waals surface area contributed by atoms with Gasteiger partial charge in [0.25, 0.3) is 0 Å². The lowest BCUT2D eigenvalue weighted by molar-refractivity contribution is -0.142. The minimum Gasteiger partial charge on any atom is -0.378 e. The Labute approximate surface area is 216 Å². The maximum Gasteiger partial charge on any atom is 0.242 e. The lowest BCUT2D eigenvalue weighted by Crippen LogP contribution is -2.46. The van der Waals surface area contributed by atoms with Gasteiger partial charge in [-0.2, -0.15) is 0 Å². The summed E-state index contributed by atoms with van der Waals surface area (Å²) < 4.78 is 0. The van der Waals surface area contributed by atoms with Crippen molar-refractivity contribution in [2.24, 2.45) is 0 Å². The zero-order valence-electron chi connectivity index (χ0n) is 22.6. The van der Waals surface area contributed by atoms with Crippen LogP contribution in [0.3, 0.4) is 0 Å². The monoisotopic (exact) mass is 490 g/mol. The Hall–Kier alpha value is -3.28. The Morgan fingerprint density at radius 3 is 2.33 bits per heavy atom. The van der Waals surface area contributed by atoms with Crippen molar-refractivity contribution in [3.05, 3.63) is 65.9 Å². The number of H-pyrrole nitrogens is 1. The van der Waals surface area contributed by atoms with Crippen molar-refractivity contribution in [2.45, 2.75) is 65.5 Å². The van der Waals surface area contributed by atoms with E-state index in [-0.39, 0.29) is 24.4 Å². The van der Waals surface area contributed by atoms with Gasteiger partial charge >= 0.3 is 0 Å². The summed E-state index contributed by atoms with van der Waals surface area (Å²) in [5, 5.41) is 1.19. The summed E-state index contributed by atoms with van der Waals surface area (Å²) in [6.45, 7) is 7.33. The van der Waals surface area contributed by atoms with E-state index in [4.69, 9.17) is 0 Å². The molecule has 0 aliphatic rings. The first-order valence-electron chi connectivity index (χ1n) is 13.2. The van der Waals surface area contributed by atoms with Crippen molar-refractivity contribution in [1.82, 2.24) is 14.8 Å². The zero-order valence-corrected chi connectivity index (χ0v) is 22.6. The second kappa shape index (κ2) is 13.1. The number of aromatic nitrogens is 1. The van der Waals surface area contributed by atoms with Gasteiger partial charge in [0.1, 0.15) is 0 Å². The number of benzene rings is 2. The Kier molecular flexibility index (Phi) is 9.97. The fourth-order valence-electron chi connectivity index (χ4n) is 4.48. The number of carbonyl (C=O) groups excluding carboxylic acids is 2. The highest BCUT2D eigenvalue weighted by atomic mass is 16.2. The highest BCUT2D eigenvalue weighted by Gasteiger charge is 2.23. The minimum atomic E-state index is -0.0158. The number of rotatable bonds is 13. The molecule has 0 aliphatic carbocycles. The third kappa shape index (κ3) is 7.36. The fraction of sp³-hybridized carbons (Fsp3) is 0.467. The van der Waals surface area contributed by atoms with Gasteiger partial charge in [-0.3, -0.25) is 9.59 Å². The van der Waals surface area contributed by atoms with Crippen LogP contribution in [0.5, 0.6) is 0 Å². The predicted octanol–water partition coefficient (Wildman–Crippen LogP) is 5.62. The van der Waals surface area contributed by atoms with Crippen molar-refractivity contribution < 1.29 is 9.59 Å². The van der Waals surface area contributed by atoms with Gasteiger partial charge in [0.05, 0.1) is 6.54 Å². The molecular weight excluding hydrogens is 448 g/mol. The fourth-order valence-corrected chi connectivity index (χ4v) is 4.48. The molecule has 2 aromatic carbocycles. The molecular formula is C30H42N4O2. The first-order chi connectivity index (χ1) is 17.3. The summed E-state index contributed by atoms with van der Waals surface area (Å²) in [7, 11) is 4.04. The van der Waals surface area contributed by atoms with Gasteiger partial charge in [-0.15, -0.1) is 0 Å². The Morgan fingerprint density at radius 2 is 1.67 bits per heavy atom. The highest BCUT2D eigenvalue weighted by Crippen LogP contribution is 2.20. The average molecular weight is 491 g/mol. The topological polar surface area (TPSA) is 59.7 Å². The van der Waals surface area contributed by atoms with Crippen molar-refractivity contribution in [3.63, 3.8) is 0 Å². The SMILES string of the molecule is CCCCCC(=O)N(CC(=O)N(CCc1c[nH]c2ccccc12)Cc1ccc(N(C)C)cc1)C(C)C. The van der Waals surface area contributed by atoms with Gasteiger partial charge in [-0.25, -0.2) is 0 Å². The molecule has 0 radical (unpaired) electrons. The molecule has 0 bridgehead atoms. The average Bonchev–Trinajstić information content (AvgIpc) is 3.28. The van der Waals surface area contributed by atoms with E-state index < -0.39 is 0 Å². The number of hydrogen-bond donors (Lipinski definition) is 1. The maximum absolute atomic E-state index is 13.6. The third-order valence-corrected chi connectivity index (χ3v) is 6.75. The number of amides is 2. The molecule has 6 nitrogen and oxygen atoms in total. The van der Waals surface area contributed by atoms with E-state index in [1.807, 2.05) is 51.2 Å². The van der Waals surface area contributed by atoms with Crippen LogP contribution in [0.15, 0.2) is 54.7 Å². The number of carbonyl (C=O) groups is 2. The smallest absolute Gasteiger partial charge is 0.242 e. The van der Waals surface area contributed by atoms with Crippen LogP contribution >= 0.6 is 0 Å². The number of aromatic amines is 1. The van der Waals surface area contributed by atoms with Crippen LogP contribution in [-0.2, 0) is 22.6 Å². The van der Waals surface area contributed by atoms with Crippen molar-refractivity contribution >= 4 is 28.4 Å². The summed E-state index contributed by atoms with van der Waals surface area (Å²) in [5.41, 5.74) is 4.51. The minimum absolute atomic E-state index is 0.0101. The number of para-hydroxylation sites is 1. The van der Waals surface area contributed by atoms with E-state index in [1.54, 1.807) is 4.90 Å². The van der Waals surface area contributed by atoms with E-state index >= 15 is 0 Å². The van der Waals surface area contributed by atoms with Crippen LogP contribution < -0.4 is 4.90 Å². The Bertz CT molecular complexity index is 1120. The molecule has 1 aromatic heterocycles. The molecule has 0 atom stereocenters. The molecule has 2 amide bonds. The molecule has 1 N–H and O–H groups in total. The number of nitrogens with zero attached hydrogens (tertiary/aromatic N) is 3. The second-order valence-corrected chi connectivity index (χ2v) is 10.1. The normalized spacial score (nSPS) is 11.2. The van der Waals surface area contributed by atoms with Gasteiger partial charge < -0.3 is 19.7 Å². The molecule has 3 rings (SSSR count). The van der Waals surface area contributed by atoms with Crippen LogP contribution in [0, 0.1) is 0 Å². The Balaban J connectivity index is 1.76. The Morgan fingerprint density at radius 1 is 0.944 bits per heavy atom. The van der Waals surface area contributed by atoms with E-state index in [1.165, 1.54) is 10.9 Å². The van der Waals surface area contributed by atoms with Crippen LogP contribution in [0.1, 0.15) is 57.6 Å². The number of unbranched alkanes of at least 4 members (excludes halogenated alkanes) is 2. The maximum atomic E-state index is 13.6. The van der Waals surface area contributed by atoms with Crippen molar-refractivity contribution in [3.8, 4) is 0 Å². The number of fused-ring (bicyclic) bond motifs is 1. The molecule has 0 fully saturated rings. The molecule has 0 spiro atoms. The quantitative estimate of drug-likeness (QED) is 0.316. The van der Waals surface area contributed by atoms with Crippen LogP contribution in [0.2, 0.25) is 0 Å². The van der Waals surface area contributed by atoms with E-state index in [0.29, 0.717) is 19.5 Å².